The second-order valence-electron chi connectivity index (χ2n) is 6.93. The molecule has 0 saturated carbocycles. The average molecular weight is 515 g/mol. The summed E-state index contributed by atoms with van der Waals surface area (Å²) in [6.45, 7) is 0.386. The Morgan fingerprint density at radius 1 is 1.06 bits per heavy atom. The summed E-state index contributed by atoms with van der Waals surface area (Å²) < 4.78 is 6.07. The lowest BCUT2D eigenvalue weighted by Gasteiger charge is -2.16. The van der Waals surface area contributed by atoms with Crippen molar-refractivity contribution in [1.29, 1.82) is 0 Å². The van der Waals surface area contributed by atoms with Crippen molar-refractivity contribution in [2.45, 2.75) is 6.61 Å². The Morgan fingerprint density at radius 3 is 2.58 bits per heavy atom. The van der Waals surface area contributed by atoms with E-state index in [9.17, 15) is 9.59 Å². The van der Waals surface area contributed by atoms with Gasteiger partial charge in [-0.25, -0.2) is 0 Å². The van der Waals surface area contributed by atoms with Crippen molar-refractivity contribution in [2.75, 3.05) is 0 Å². The number of hydrazine groups is 1. The Hall–Kier alpha value is -2.84. The first-order chi connectivity index (χ1) is 15.9. The summed E-state index contributed by atoms with van der Waals surface area (Å²) >= 11 is 18.4. The van der Waals surface area contributed by atoms with Crippen LogP contribution in [0.4, 0.5) is 0 Å². The molecule has 1 fully saturated rings. The smallest absolute Gasteiger partial charge is 0.285 e. The van der Waals surface area contributed by atoms with E-state index >= 15 is 0 Å². The first-order valence-electron chi connectivity index (χ1n) is 9.71. The molecule has 0 radical (unpaired) electrons. The van der Waals surface area contributed by atoms with Gasteiger partial charge in [-0.05, 0) is 65.8 Å². The molecule has 3 aromatic carbocycles. The molecule has 1 N–H and O–H groups in total. The minimum Gasteiger partial charge on any atom is -0.489 e. The van der Waals surface area contributed by atoms with Crippen LogP contribution in [0.15, 0.2) is 77.7 Å². The molecule has 4 rings (SSSR count). The van der Waals surface area contributed by atoms with Crippen molar-refractivity contribution < 1.29 is 14.3 Å². The van der Waals surface area contributed by atoms with E-state index in [-0.39, 0.29) is 14.9 Å². The number of benzene rings is 3. The van der Waals surface area contributed by atoms with Crippen molar-refractivity contribution in [1.82, 2.24) is 10.4 Å². The fraction of sp³-hybridized carbons (Fsp3) is 0.0417. The van der Waals surface area contributed by atoms with Gasteiger partial charge in [0.05, 0.1) is 15.5 Å². The van der Waals surface area contributed by atoms with E-state index in [1.54, 1.807) is 30.3 Å². The summed E-state index contributed by atoms with van der Waals surface area (Å²) in [5.74, 6) is -0.283. The first-order valence-corrected chi connectivity index (χ1v) is 11.7. The Kier molecular flexibility index (Phi) is 7.35. The number of nitrogens with one attached hydrogen (secondary N) is 1. The lowest BCUT2D eigenvalue weighted by Crippen LogP contribution is -2.44. The number of carbonyl (C=O) groups is 2. The Labute approximate surface area is 210 Å². The summed E-state index contributed by atoms with van der Waals surface area (Å²) in [6.07, 6.45) is 1.70. The van der Waals surface area contributed by atoms with Gasteiger partial charge in [0.1, 0.15) is 12.4 Å². The van der Waals surface area contributed by atoms with E-state index in [1.807, 2.05) is 48.5 Å². The molecule has 9 heteroatoms. The molecule has 1 heterocycles. The molecule has 33 heavy (non-hydrogen) atoms. The number of hydrogen-bond acceptors (Lipinski definition) is 5. The highest BCUT2D eigenvalue weighted by atomic mass is 35.5. The number of ether oxygens (including phenoxy) is 1. The van der Waals surface area contributed by atoms with E-state index in [0.717, 1.165) is 27.9 Å². The van der Waals surface area contributed by atoms with Crippen LogP contribution in [0.2, 0.25) is 10.0 Å². The first kappa shape index (κ1) is 23.3. The normalized spacial score (nSPS) is 14.6. The van der Waals surface area contributed by atoms with E-state index < -0.39 is 11.8 Å². The van der Waals surface area contributed by atoms with E-state index in [2.05, 4.69) is 5.43 Å². The second kappa shape index (κ2) is 10.4. The lowest BCUT2D eigenvalue weighted by atomic mass is 10.2. The van der Waals surface area contributed by atoms with Gasteiger partial charge in [-0.1, -0.05) is 71.4 Å². The summed E-state index contributed by atoms with van der Waals surface area (Å²) in [7, 11) is 0. The molecular formula is C24H16Cl2N2O3S2. The average Bonchev–Trinajstić information content (AvgIpc) is 3.06. The monoisotopic (exact) mass is 514 g/mol. The predicted molar refractivity (Wildman–Crippen MR) is 136 cm³/mol. The fourth-order valence-corrected chi connectivity index (χ4v) is 4.49. The summed E-state index contributed by atoms with van der Waals surface area (Å²) in [5, 5.41) is 2.01. The molecule has 166 valence electrons. The molecule has 1 saturated heterocycles. The van der Waals surface area contributed by atoms with Crippen molar-refractivity contribution in [3.05, 3.63) is 104 Å². The van der Waals surface area contributed by atoms with Gasteiger partial charge in [0, 0.05) is 5.02 Å². The second-order valence-corrected chi connectivity index (χ2v) is 9.44. The number of halogens is 2. The van der Waals surface area contributed by atoms with Gasteiger partial charge in [-0.3, -0.25) is 15.0 Å². The predicted octanol–water partition coefficient (Wildman–Crippen LogP) is 6.12. The molecule has 0 aromatic heterocycles. The van der Waals surface area contributed by atoms with Crippen LogP contribution in [-0.4, -0.2) is 21.1 Å². The molecule has 0 unspecified atom stereocenters. The molecule has 0 bridgehead atoms. The third-order valence-electron chi connectivity index (χ3n) is 4.60. The molecule has 0 atom stereocenters. The SMILES string of the molecule is O=C(NN1C(=O)/C(=C\c2cccc(OCc3ccc(Cl)cc3)c2)SC1=S)c1ccccc1Cl. The van der Waals surface area contributed by atoms with Crippen LogP contribution in [0.5, 0.6) is 5.75 Å². The number of carbonyl (C=O) groups excluding carboxylic acids is 2. The van der Waals surface area contributed by atoms with Gasteiger partial charge in [0.2, 0.25) is 0 Å². The van der Waals surface area contributed by atoms with Gasteiger partial charge in [-0.2, -0.15) is 5.01 Å². The zero-order valence-corrected chi connectivity index (χ0v) is 20.1. The Bertz CT molecular complexity index is 1260. The quantitative estimate of drug-likeness (QED) is 0.317. The maximum atomic E-state index is 12.9. The van der Waals surface area contributed by atoms with Crippen LogP contribution in [0.3, 0.4) is 0 Å². The van der Waals surface area contributed by atoms with Crippen LogP contribution in [0, 0.1) is 0 Å². The van der Waals surface area contributed by atoms with Crippen molar-refractivity contribution in [2.24, 2.45) is 0 Å². The minimum atomic E-state index is -0.518. The number of rotatable bonds is 6. The van der Waals surface area contributed by atoms with Gasteiger partial charge < -0.3 is 4.74 Å². The van der Waals surface area contributed by atoms with Crippen molar-refractivity contribution in [3.63, 3.8) is 0 Å². The number of thiocarbonyl (C=S) groups is 1. The zero-order valence-electron chi connectivity index (χ0n) is 17.0. The highest BCUT2D eigenvalue weighted by molar-refractivity contribution is 8.26. The van der Waals surface area contributed by atoms with E-state index in [1.165, 1.54) is 0 Å². The summed E-state index contributed by atoms with van der Waals surface area (Å²) in [6, 6.07) is 21.3. The molecule has 2 amide bonds. The van der Waals surface area contributed by atoms with Crippen LogP contribution in [-0.2, 0) is 11.4 Å². The molecular weight excluding hydrogens is 499 g/mol. The van der Waals surface area contributed by atoms with Crippen molar-refractivity contribution in [3.8, 4) is 5.75 Å². The topological polar surface area (TPSA) is 58.6 Å². The van der Waals surface area contributed by atoms with E-state index in [0.29, 0.717) is 22.3 Å². The molecule has 1 aliphatic heterocycles. The van der Waals surface area contributed by atoms with Gasteiger partial charge >= 0.3 is 0 Å². The minimum absolute atomic E-state index is 0.224. The van der Waals surface area contributed by atoms with Crippen molar-refractivity contribution >= 4 is 69.4 Å². The third-order valence-corrected chi connectivity index (χ3v) is 6.48. The zero-order chi connectivity index (χ0) is 23.4. The molecule has 5 nitrogen and oxygen atoms in total. The highest BCUT2D eigenvalue weighted by Crippen LogP contribution is 2.32. The summed E-state index contributed by atoms with van der Waals surface area (Å²) in [5.41, 5.74) is 4.53. The molecule has 1 aliphatic rings. The Balaban J connectivity index is 1.44. The largest absolute Gasteiger partial charge is 0.489 e. The van der Waals surface area contributed by atoms with Crippen LogP contribution in [0.25, 0.3) is 6.08 Å². The molecule has 3 aromatic rings. The maximum absolute atomic E-state index is 12.9. The maximum Gasteiger partial charge on any atom is 0.285 e. The highest BCUT2D eigenvalue weighted by Gasteiger charge is 2.34. The standard InChI is InChI=1S/C24H16Cl2N2O3S2/c25-17-10-8-15(9-11-17)14-31-18-5-3-4-16(12-18)13-21-23(30)28(24(32)33-21)27-22(29)19-6-1-2-7-20(19)26/h1-13H,14H2,(H,27,29)/b21-13+. The van der Waals surface area contributed by atoms with Crippen LogP contribution in [0.1, 0.15) is 21.5 Å². The number of thioether (sulfide) groups is 1. The fourth-order valence-electron chi connectivity index (χ4n) is 2.96. The Morgan fingerprint density at radius 2 is 1.82 bits per heavy atom. The van der Waals surface area contributed by atoms with Gasteiger partial charge in [-0.15, -0.1) is 0 Å². The van der Waals surface area contributed by atoms with Crippen LogP contribution >= 0.6 is 47.2 Å². The molecule has 0 spiro atoms. The van der Waals surface area contributed by atoms with Crippen LogP contribution < -0.4 is 10.2 Å². The summed E-state index contributed by atoms with van der Waals surface area (Å²) in [4.78, 5) is 25.8. The number of hydrogen-bond donors (Lipinski definition) is 1. The third kappa shape index (κ3) is 5.75. The van der Waals surface area contributed by atoms with E-state index in [4.69, 9.17) is 40.2 Å². The number of nitrogens with zero attached hydrogens (tertiary/aromatic N) is 1. The number of amides is 2. The molecule has 0 aliphatic carbocycles. The lowest BCUT2D eigenvalue weighted by molar-refractivity contribution is -0.123. The van der Waals surface area contributed by atoms with Gasteiger partial charge in [0.25, 0.3) is 11.8 Å². The van der Waals surface area contributed by atoms with Gasteiger partial charge in [0.15, 0.2) is 4.32 Å².